The Morgan fingerprint density at radius 1 is 1.28 bits per heavy atom. The molecule has 1 unspecified atom stereocenters. The molecule has 1 atom stereocenters. The molecule has 7 heteroatoms. The molecule has 6 nitrogen and oxygen atoms in total. The van der Waals surface area contributed by atoms with Crippen LogP contribution in [0.3, 0.4) is 0 Å². The lowest BCUT2D eigenvalue weighted by Gasteiger charge is -2.25. The first-order chi connectivity index (χ1) is 12.0. The molecule has 1 aromatic carbocycles. The minimum atomic E-state index is -0.0499. The van der Waals surface area contributed by atoms with Gasteiger partial charge in [-0.3, -0.25) is 4.79 Å². The van der Waals surface area contributed by atoms with Crippen molar-refractivity contribution in [2.75, 3.05) is 7.05 Å². The summed E-state index contributed by atoms with van der Waals surface area (Å²) in [5.74, 6) is 1.33. The SMILES string of the molecule is CC(c1ccc(Cl)cc1)N(C)C(=O)CCc1nc(-c2ccco2)no1. The zero-order chi connectivity index (χ0) is 17.8. The summed E-state index contributed by atoms with van der Waals surface area (Å²) in [6, 6.07) is 10.9. The van der Waals surface area contributed by atoms with Crippen LogP contribution in [0.1, 0.15) is 30.8 Å². The van der Waals surface area contributed by atoms with E-state index in [1.165, 1.54) is 0 Å². The van der Waals surface area contributed by atoms with Gasteiger partial charge in [0.25, 0.3) is 0 Å². The van der Waals surface area contributed by atoms with Crippen molar-refractivity contribution in [3.8, 4) is 11.6 Å². The molecule has 3 aromatic rings. The van der Waals surface area contributed by atoms with Gasteiger partial charge in [-0.25, -0.2) is 0 Å². The molecule has 0 aliphatic heterocycles. The number of aromatic nitrogens is 2. The Bertz CT molecular complexity index is 828. The standard InChI is InChI=1S/C18H18ClN3O3/c1-12(13-5-7-14(19)8-6-13)22(2)17(23)10-9-16-20-18(21-25-16)15-4-3-11-24-15/h3-8,11-12H,9-10H2,1-2H3. The van der Waals surface area contributed by atoms with Gasteiger partial charge in [-0.05, 0) is 36.8 Å². The van der Waals surface area contributed by atoms with Gasteiger partial charge < -0.3 is 13.8 Å². The Balaban J connectivity index is 1.57. The van der Waals surface area contributed by atoms with Crippen molar-refractivity contribution in [1.82, 2.24) is 15.0 Å². The van der Waals surface area contributed by atoms with Crippen LogP contribution in [0, 0.1) is 0 Å². The van der Waals surface area contributed by atoms with Crippen LogP contribution in [0.25, 0.3) is 11.6 Å². The van der Waals surface area contributed by atoms with Gasteiger partial charge in [0.2, 0.25) is 17.6 Å². The van der Waals surface area contributed by atoms with Crippen LogP contribution in [0.4, 0.5) is 0 Å². The van der Waals surface area contributed by atoms with Crippen molar-refractivity contribution >= 4 is 17.5 Å². The Morgan fingerprint density at radius 2 is 2.04 bits per heavy atom. The minimum Gasteiger partial charge on any atom is -0.461 e. The first-order valence-electron chi connectivity index (χ1n) is 7.92. The summed E-state index contributed by atoms with van der Waals surface area (Å²) in [5, 5.41) is 4.53. The molecule has 2 aromatic heterocycles. The number of halogens is 1. The van der Waals surface area contributed by atoms with Crippen molar-refractivity contribution in [1.29, 1.82) is 0 Å². The van der Waals surface area contributed by atoms with Crippen molar-refractivity contribution < 1.29 is 13.7 Å². The van der Waals surface area contributed by atoms with Crippen molar-refractivity contribution in [3.63, 3.8) is 0 Å². The first-order valence-corrected chi connectivity index (χ1v) is 8.30. The van der Waals surface area contributed by atoms with Crippen LogP contribution in [0.2, 0.25) is 5.02 Å². The quantitative estimate of drug-likeness (QED) is 0.661. The Kier molecular flexibility index (Phi) is 5.19. The lowest BCUT2D eigenvalue weighted by atomic mass is 10.1. The average molecular weight is 360 g/mol. The predicted octanol–water partition coefficient (Wildman–Crippen LogP) is 4.14. The smallest absolute Gasteiger partial charge is 0.238 e. The number of aryl methyl sites for hydroxylation is 1. The third kappa shape index (κ3) is 4.09. The lowest BCUT2D eigenvalue weighted by Crippen LogP contribution is -2.29. The zero-order valence-electron chi connectivity index (χ0n) is 14.0. The largest absolute Gasteiger partial charge is 0.461 e. The van der Waals surface area contributed by atoms with E-state index in [2.05, 4.69) is 10.1 Å². The fraction of sp³-hybridized carbons (Fsp3) is 0.278. The monoisotopic (exact) mass is 359 g/mol. The van der Waals surface area contributed by atoms with E-state index in [4.69, 9.17) is 20.5 Å². The molecular weight excluding hydrogens is 342 g/mol. The molecule has 0 saturated carbocycles. The normalized spacial score (nSPS) is 12.1. The van der Waals surface area contributed by atoms with Crippen LogP contribution in [0.15, 0.2) is 51.6 Å². The Labute approximate surface area is 150 Å². The van der Waals surface area contributed by atoms with Crippen molar-refractivity contribution in [3.05, 3.63) is 59.1 Å². The molecule has 25 heavy (non-hydrogen) atoms. The summed E-state index contributed by atoms with van der Waals surface area (Å²) < 4.78 is 10.4. The summed E-state index contributed by atoms with van der Waals surface area (Å²) in [6.45, 7) is 1.98. The maximum atomic E-state index is 12.4. The highest BCUT2D eigenvalue weighted by atomic mass is 35.5. The highest BCUT2D eigenvalue weighted by Gasteiger charge is 2.19. The maximum Gasteiger partial charge on any atom is 0.238 e. The topological polar surface area (TPSA) is 72.4 Å². The van der Waals surface area contributed by atoms with Gasteiger partial charge in [0.05, 0.1) is 12.3 Å². The molecule has 0 fully saturated rings. The van der Waals surface area contributed by atoms with Gasteiger partial charge in [-0.1, -0.05) is 28.9 Å². The van der Waals surface area contributed by atoms with Gasteiger partial charge in [-0.2, -0.15) is 4.98 Å². The van der Waals surface area contributed by atoms with Gasteiger partial charge in [0.15, 0.2) is 5.76 Å². The highest BCUT2D eigenvalue weighted by molar-refractivity contribution is 6.30. The van der Waals surface area contributed by atoms with Crippen molar-refractivity contribution in [2.24, 2.45) is 0 Å². The van der Waals surface area contributed by atoms with Gasteiger partial charge >= 0.3 is 0 Å². The number of carbonyl (C=O) groups excluding carboxylic acids is 1. The summed E-state index contributed by atoms with van der Waals surface area (Å²) >= 11 is 5.90. The molecule has 1 amide bonds. The highest BCUT2D eigenvalue weighted by Crippen LogP contribution is 2.22. The molecule has 0 saturated heterocycles. The van der Waals surface area contributed by atoms with Crippen molar-refractivity contribution in [2.45, 2.75) is 25.8 Å². The van der Waals surface area contributed by atoms with E-state index in [0.29, 0.717) is 28.9 Å². The van der Waals surface area contributed by atoms with E-state index in [1.807, 2.05) is 31.2 Å². The third-order valence-electron chi connectivity index (χ3n) is 4.09. The summed E-state index contributed by atoms with van der Waals surface area (Å²) in [7, 11) is 1.78. The molecule has 0 N–H and O–H groups in total. The number of amides is 1. The second-order valence-corrected chi connectivity index (χ2v) is 6.16. The Hall–Kier alpha value is -2.60. The van der Waals surface area contributed by atoms with Gasteiger partial charge in [-0.15, -0.1) is 0 Å². The Morgan fingerprint density at radius 3 is 2.72 bits per heavy atom. The molecule has 2 heterocycles. The minimum absolute atomic E-state index is 0.000184. The van der Waals surface area contributed by atoms with Crippen LogP contribution in [-0.2, 0) is 11.2 Å². The van der Waals surface area contributed by atoms with Gasteiger partial charge in [0, 0.05) is 24.9 Å². The van der Waals surface area contributed by atoms with Crippen LogP contribution < -0.4 is 0 Å². The lowest BCUT2D eigenvalue weighted by molar-refractivity contribution is -0.131. The van der Waals surface area contributed by atoms with Crippen LogP contribution in [0.5, 0.6) is 0 Å². The molecule has 0 bridgehead atoms. The number of carbonyl (C=O) groups is 1. The number of hydrogen-bond donors (Lipinski definition) is 0. The van der Waals surface area contributed by atoms with E-state index in [0.717, 1.165) is 5.56 Å². The third-order valence-corrected chi connectivity index (χ3v) is 4.34. The molecule has 0 aliphatic carbocycles. The van der Waals surface area contributed by atoms with Crippen LogP contribution >= 0.6 is 11.6 Å². The molecule has 0 radical (unpaired) electrons. The summed E-state index contributed by atoms with van der Waals surface area (Å²) in [6.07, 6.45) is 2.21. The fourth-order valence-corrected chi connectivity index (χ4v) is 2.56. The number of hydrogen-bond acceptors (Lipinski definition) is 5. The van der Waals surface area contributed by atoms with E-state index < -0.39 is 0 Å². The summed E-state index contributed by atoms with van der Waals surface area (Å²) in [5.41, 5.74) is 1.03. The molecule has 130 valence electrons. The number of furan rings is 1. The van der Waals surface area contributed by atoms with E-state index >= 15 is 0 Å². The van der Waals surface area contributed by atoms with E-state index in [9.17, 15) is 4.79 Å². The second-order valence-electron chi connectivity index (χ2n) is 5.72. The molecule has 0 spiro atoms. The molecule has 0 aliphatic rings. The second kappa shape index (κ2) is 7.53. The maximum absolute atomic E-state index is 12.4. The van der Waals surface area contributed by atoms with Gasteiger partial charge in [0.1, 0.15) is 0 Å². The fourth-order valence-electron chi connectivity index (χ4n) is 2.43. The zero-order valence-corrected chi connectivity index (χ0v) is 14.7. The summed E-state index contributed by atoms with van der Waals surface area (Å²) in [4.78, 5) is 18.4. The number of nitrogens with zero attached hydrogens (tertiary/aromatic N) is 3. The predicted molar refractivity (Wildman–Crippen MR) is 93.0 cm³/mol. The number of benzene rings is 1. The molecular formula is C18H18ClN3O3. The number of rotatable bonds is 6. The van der Waals surface area contributed by atoms with Crippen LogP contribution in [-0.4, -0.2) is 28.0 Å². The van der Waals surface area contributed by atoms with E-state index in [-0.39, 0.29) is 18.4 Å². The first kappa shape index (κ1) is 17.2. The average Bonchev–Trinajstić information content (AvgIpc) is 3.30. The van der Waals surface area contributed by atoms with E-state index in [1.54, 1.807) is 30.3 Å². The molecule has 3 rings (SSSR count).